The normalized spacial score (nSPS) is 11.1. The predicted octanol–water partition coefficient (Wildman–Crippen LogP) is 8.17. The Morgan fingerprint density at radius 3 is 1.30 bits per heavy atom. The lowest BCUT2D eigenvalue weighted by Crippen LogP contribution is -1.72. The van der Waals surface area contributed by atoms with Crippen LogP contribution in [0.3, 0.4) is 0 Å². The highest BCUT2D eigenvalue weighted by atomic mass is 32.1. The molecular formula is C28H22S2. The second-order valence-corrected chi connectivity index (χ2v) is 9.37. The van der Waals surface area contributed by atoms with E-state index in [0.717, 1.165) is 9.75 Å². The molecule has 2 aromatic carbocycles. The van der Waals surface area contributed by atoms with Gasteiger partial charge in [0.15, 0.2) is 0 Å². The van der Waals surface area contributed by atoms with Crippen molar-refractivity contribution in [2.24, 2.45) is 0 Å². The van der Waals surface area contributed by atoms with Gasteiger partial charge >= 0.3 is 0 Å². The van der Waals surface area contributed by atoms with Crippen LogP contribution in [0.2, 0.25) is 0 Å². The van der Waals surface area contributed by atoms with Crippen molar-refractivity contribution in [1.29, 1.82) is 0 Å². The lowest BCUT2D eigenvalue weighted by atomic mass is 10.1. The number of hydrogen-bond donors (Lipinski definition) is 0. The van der Waals surface area contributed by atoms with Crippen molar-refractivity contribution >= 4 is 47.0 Å². The summed E-state index contributed by atoms with van der Waals surface area (Å²) in [7, 11) is 0. The third kappa shape index (κ3) is 5.70. The Labute approximate surface area is 186 Å². The largest absolute Gasteiger partial charge is 0.127 e. The quantitative estimate of drug-likeness (QED) is 0.291. The van der Waals surface area contributed by atoms with Crippen LogP contribution in [-0.2, 0) is 0 Å². The van der Waals surface area contributed by atoms with E-state index in [4.69, 9.17) is 0 Å². The standard InChI is InChI=1S/C28H22S2/c1-21-3-7-23(8-4-21)11-13-25-15-17-27(29-25)19-20-28-18-16-26(30-28)14-12-24-9-5-22(2)6-10-24/h3-18H,1-2H3. The molecular weight excluding hydrogens is 400 g/mol. The van der Waals surface area contributed by atoms with E-state index in [1.165, 1.54) is 32.0 Å². The van der Waals surface area contributed by atoms with Gasteiger partial charge in [0.05, 0.1) is 9.75 Å². The van der Waals surface area contributed by atoms with Crippen LogP contribution in [0.1, 0.15) is 41.8 Å². The Hall–Kier alpha value is -3.12. The van der Waals surface area contributed by atoms with Crippen molar-refractivity contribution in [2.45, 2.75) is 13.8 Å². The Kier molecular flexibility index (Phi) is 6.44. The fourth-order valence-corrected chi connectivity index (χ4v) is 4.38. The van der Waals surface area contributed by atoms with Crippen molar-refractivity contribution in [3.8, 4) is 11.8 Å². The summed E-state index contributed by atoms with van der Waals surface area (Å²) in [6.45, 7) is 4.21. The molecule has 0 nitrogen and oxygen atoms in total. The van der Waals surface area contributed by atoms with Crippen molar-refractivity contribution in [2.75, 3.05) is 0 Å². The lowest BCUT2D eigenvalue weighted by molar-refractivity contribution is 1.46. The van der Waals surface area contributed by atoms with Crippen molar-refractivity contribution in [3.63, 3.8) is 0 Å². The summed E-state index contributed by atoms with van der Waals surface area (Å²) in [5, 5.41) is 0. The molecule has 0 aliphatic carbocycles. The Morgan fingerprint density at radius 2 is 0.900 bits per heavy atom. The summed E-state index contributed by atoms with van der Waals surface area (Å²) >= 11 is 3.44. The maximum Gasteiger partial charge on any atom is 0.0778 e. The van der Waals surface area contributed by atoms with Gasteiger partial charge < -0.3 is 0 Å². The summed E-state index contributed by atoms with van der Waals surface area (Å²) in [6, 6.07) is 25.6. The first kappa shape index (κ1) is 20.2. The molecule has 0 amide bonds. The third-order valence-electron chi connectivity index (χ3n) is 4.60. The average Bonchev–Trinajstić information content (AvgIpc) is 3.41. The van der Waals surface area contributed by atoms with Gasteiger partial charge in [-0.1, -0.05) is 71.8 Å². The highest BCUT2D eigenvalue weighted by Crippen LogP contribution is 2.21. The van der Waals surface area contributed by atoms with Gasteiger partial charge in [-0.2, -0.15) is 0 Å². The minimum Gasteiger partial charge on any atom is -0.127 e. The zero-order valence-electron chi connectivity index (χ0n) is 17.1. The van der Waals surface area contributed by atoms with Crippen LogP contribution in [0.15, 0.2) is 72.8 Å². The van der Waals surface area contributed by atoms with E-state index in [1.807, 2.05) is 0 Å². The van der Waals surface area contributed by atoms with Gasteiger partial charge in [0, 0.05) is 9.75 Å². The summed E-state index contributed by atoms with van der Waals surface area (Å²) in [4.78, 5) is 4.60. The SMILES string of the molecule is Cc1ccc(C=Cc2ccc(C#Cc3ccc(C=Cc4ccc(C)cc4)s3)s2)cc1. The molecule has 0 fully saturated rings. The molecule has 2 heterocycles. The average molecular weight is 423 g/mol. The molecule has 4 aromatic rings. The van der Waals surface area contributed by atoms with E-state index in [0.29, 0.717) is 0 Å². The molecule has 0 saturated carbocycles. The molecule has 0 aliphatic rings. The molecule has 0 atom stereocenters. The van der Waals surface area contributed by atoms with E-state index < -0.39 is 0 Å². The van der Waals surface area contributed by atoms with E-state index in [1.54, 1.807) is 22.7 Å². The van der Waals surface area contributed by atoms with Crippen molar-refractivity contribution in [1.82, 2.24) is 0 Å². The molecule has 2 aromatic heterocycles. The molecule has 0 unspecified atom stereocenters. The van der Waals surface area contributed by atoms with Crippen LogP contribution in [0.4, 0.5) is 0 Å². The minimum absolute atomic E-state index is 1.09. The van der Waals surface area contributed by atoms with Crippen LogP contribution in [0.25, 0.3) is 24.3 Å². The van der Waals surface area contributed by atoms with E-state index >= 15 is 0 Å². The van der Waals surface area contributed by atoms with Crippen LogP contribution in [0, 0.1) is 25.7 Å². The maximum absolute atomic E-state index is 3.30. The molecule has 146 valence electrons. The zero-order valence-corrected chi connectivity index (χ0v) is 18.7. The predicted molar refractivity (Wildman–Crippen MR) is 135 cm³/mol. The Morgan fingerprint density at radius 1 is 0.500 bits per heavy atom. The number of hydrogen-bond acceptors (Lipinski definition) is 2. The van der Waals surface area contributed by atoms with Gasteiger partial charge in [-0.3, -0.25) is 0 Å². The van der Waals surface area contributed by atoms with Gasteiger partial charge in [0.25, 0.3) is 0 Å². The van der Waals surface area contributed by atoms with Crippen molar-refractivity contribution in [3.05, 3.63) is 115 Å². The topological polar surface area (TPSA) is 0 Å². The number of benzene rings is 2. The van der Waals surface area contributed by atoms with Crippen LogP contribution < -0.4 is 0 Å². The fourth-order valence-electron chi connectivity index (χ4n) is 2.85. The molecule has 0 radical (unpaired) electrons. The summed E-state index contributed by atoms with van der Waals surface area (Å²) in [6.07, 6.45) is 8.60. The van der Waals surface area contributed by atoms with Crippen LogP contribution >= 0.6 is 22.7 Å². The Balaban J connectivity index is 1.40. The van der Waals surface area contributed by atoms with Gasteiger partial charge in [0.2, 0.25) is 0 Å². The maximum atomic E-state index is 3.30. The second-order valence-electron chi connectivity index (χ2n) is 7.14. The highest BCUT2D eigenvalue weighted by Gasteiger charge is 1.97. The smallest absolute Gasteiger partial charge is 0.0778 e. The molecule has 4 rings (SSSR count). The third-order valence-corrected chi connectivity index (χ3v) is 6.53. The van der Waals surface area contributed by atoms with Gasteiger partial charge in [-0.05, 0) is 73.2 Å². The molecule has 0 saturated heterocycles. The highest BCUT2D eigenvalue weighted by molar-refractivity contribution is 7.14. The van der Waals surface area contributed by atoms with Gasteiger partial charge in [0.1, 0.15) is 0 Å². The van der Waals surface area contributed by atoms with E-state index in [-0.39, 0.29) is 0 Å². The first-order valence-electron chi connectivity index (χ1n) is 9.85. The molecule has 0 aliphatic heterocycles. The number of rotatable bonds is 4. The van der Waals surface area contributed by atoms with Crippen LogP contribution in [-0.4, -0.2) is 0 Å². The summed E-state index contributed by atoms with van der Waals surface area (Å²) < 4.78 is 0. The number of aryl methyl sites for hydroxylation is 2. The van der Waals surface area contributed by atoms with E-state index in [2.05, 4.69) is 123 Å². The zero-order chi connectivity index (χ0) is 20.8. The Bertz CT molecular complexity index is 1140. The fraction of sp³-hybridized carbons (Fsp3) is 0.0714. The van der Waals surface area contributed by atoms with E-state index in [9.17, 15) is 0 Å². The van der Waals surface area contributed by atoms with Gasteiger partial charge in [-0.25, -0.2) is 0 Å². The summed E-state index contributed by atoms with van der Waals surface area (Å²) in [5.41, 5.74) is 4.99. The van der Waals surface area contributed by atoms with Crippen LogP contribution in [0.5, 0.6) is 0 Å². The van der Waals surface area contributed by atoms with Crippen molar-refractivity contribution < 1.29 is 0 Å². The summed E-state index contributed by atoms with van der Waals surface area (Å²) in [5.74, 6) is 6.60. The first-order chi connectivity index (χ1) is 14.6. The molecule has 30 heavy (non-hydrogen) atoms. The number of thiophene rings is 2. The lowest BCUT2D eigenvalue weighted by Gasteiger charge is -1.93. The van der Waals surface area contributed by atoms with Gasteiger partial charge in [-0.15, -0.1) is 22.7 Å². The molecule has 0 bridgehead atoms. The molecule has 2 heteroatoms. The monoisotopic (exact) mass is 422 g/mol. The first-order valence-corrected chi connectivity index (χ1v) is 11.5. The second kappa shape index (κ2) is 9.59. The molecule has 0 spiro atoms. The minimum atomic E-state index is 1.09. The molecule has 0 N–H and O–H groups in total.